The molecular formula is C20H16N4OS. The van der Waals surface area contributed by atoms with Gasteiger partial charge in [0, 0.05) is 16.6 Å². The largest absolute Gasteiger partial charge is 0.419 e. The van der Waals surface area contributed by atoms with Crippen LogP contribution in [0.3, 0.4) is 0 Å². The summed E-state index contributed by atoms with van der Waals surface area (Å²) in [4.78, 5) is 0. The predicted molar refractivity (Wildman–Crippen MR) is 106 cm³/mol. The average molecular weight is 360 g/mol. The lowest BCUT2D eigenvalue weighted by molar-refractivity contribution is 0.536. The van der Waals surface area contributed by atoms with Crippen LogP contribution in [-0.2, 0) is 4.74 Å². The SMILES string of the molecule is C/C=C(\Nc1ccc(C#N)c2sccc12)C(=N)OC(=N)c1ccccc1. The predicted octanol–water partition coefficient (Wildman–Crippen LogP) is 5.11. The Labute approximate surface area is 155 Å². The number of nitriles is 1. The molecule has 0 atom stereocenters. The summed E-state index contributed by atoms with van der Waals surface area (Å²) in [5, 5.41) is 31.4. The molecule has 128 valence electrons. The quantitative estimate of drug-likeness (QED) is 0.446. The number of fused-ring (bicyclic) bond motifs is 1. The molecule has 26 heavy (non-hydrogen) atoms. The lowest BCUT2D eigenvalue weighted by Gasteiger charge is -2.14. The smallest absolute Gasteiger partial charge is 0.237 e. The van der Waals surface area contributed by atoms with E-state index in [1.165, 1.54) is 11.3 Å². The molecule has 3 N–H and O–H groups in total. The van der Waals surface area contributed by atoms with E-state index >= 15 is 0 Å². The number of ether oxygens (including phenoxy) is 1. The van der Waals surface area contributed by atoms with Gasteiger partial charge in [0.25, 0.3) is 0 Å². The van der Waals surface area contributed by atoms with Crippen LogP contribution in [0.1, 0.15) is 18.1 Å². The lowest BCUT2D eigenvalue weighted by atomic mass is 10.1. The molecule has 3 aromatic rings. The van der Waals surface area contributed by atoms with E-state index in [1.807, 2.05) is 35.7 Å². The number of thiophene rings is 1. The van der Waals surface area contributed by atoms with E-state index in [0.717, 1.165) is 15.8 Å². The number of hydrogen-bond donors (Lipinski definition) is 3. The maximum absolute atomic E-state index is 9.22. The van der Waals surface area contributed by atoms with E-state index in [0.29, 0.717) is 16.8 Å². The van der Waals surface area contributed by atoms with Gasteiger partial charge in [0.2, 0.25) is 11.8 Å². The van der Waals surface area contributed by atoms with Gasteiger partial charge in [-0.05, 0) is 42.6 Å². The van der Waals surface area contributed by atoms with Crippen LogP contribution in [0.5, 0.6) is 0 Å². The summed E-state index contributed by atoms with van der Waals surface area (Å²) in [6, 6.07) is 16.7. The molecule has 0 unspecified atom stereocenters. The molecule has 0 saturated heterocycles. The molecule has 0 amide bonds. The van der Waals surface area contributed by atoms with Gasteiger partial charge in [0.1, 0.15) is 6.07 Å². The van der Waals surface area contributed by atoms with Gasteiger partial charge in [-0.3, -0.25) is 10.8 Å². The minimum atomic E-state index is -0.144. The first-order chi connectivity index (χ1) is 12.6. The van der Waals surface area contributed by atoms with E-state index in [-0.39, 0.29) is 11.8 Å². The molecule has 0 aliphatic carbocycles. The van der Waals surface area contributed by atoms with Crippen molar-refractivity contribution < 1.29 is 4.74 Å². The molecule has 0 aliphatic heterocycles. The summed E-state index contributed by atoms with van der Waals surface area (Å²) < 4.78 is 6.29. The molecule has 2 aromatic carbocycles. The number of benzene rings is 2. The summed E-state index contributed by atoms with van der Waals surface area (Å²) in [5.41, 5.74) is 2.46. The van der Waals surface area contributed by atoms with Crippen molar-refractivity contribution in [2.75, 3.05) is 5.32 Å². The lowest BCUT2D eigenvalue weighted by Crippen LogP contribution is -2.18. The molecule has 6 heteroatoms. The number of anilines is 1. The highest BCUT2D eigenvalue weighted by Gasteiger charge is 2.13. The van der Waals surface area contributed by atoms with Crippen molar-refractivity contribution in [1.29, 1.82) is 16.1 Å². The maximum Gasteiger partial charge on any atom is 0.237 e. The number of nitrogens with zero attached hydrogens (tertiary/aromatic N) is 1. The molecule has 5 nitrogen and oxygen atoms in total. The van der Waals surface area contributed by atoms with Crippen LogP contribution in [0, 0.1) is 22.1 Å². The van der Waals surface area contributed by atoms with Crippen LogP contribution in [0.25, 0.3) is 10.1 Å². The van der Waals surface area contributed by atoms with E-state index in [2.05, 4.69) is 11.4 Å². The zero-order chi connectivity index (χ0) is 18.5. The van der Waals surface area contributed by atoms with Crippen LogP contribution in [0.2, 0.25) is 0 Å². The van der Waals surface area contributed by atoms with Crippen molar-refractivity contribution in [2.45, 2.75) is 6.92 Å². The van der Waals surface area contributed by atoms with Crippen molar-refractivity contribution in [3.05, 3.63) is 76.8 Å². The number of nitrogens with one attached hydrogen (secondary N) is 3. The van der Waals surface area contributed by atoms with Crippen LogP contribution in [0.15, 0.2) is 65.7 Å². The van der Waals surface area contributed by atoms with Crippen molar-refractivity contribution in [3.63, 3.8) is 0 Å². The van der Waals surface area contributed by atoms with Crippen molar-refractivity contribution in [1.82, 2.24) is 0 Å². The Morgan fingerprint density at radius 2 is 1.92 bits per heavy atom. The Morgan fingerprint density at radius 3 is 2.62 bits per heavy atom. The Kier molecular flexibility index (Phi) is 5.11. The van der Waals surface area contributed by atoms with Gasteiger partial charge in [0.05, 0.1) is 16.0 Å². The molecule has 1 heterocycles. The minimum absolute atomic E-state index is 0.0859. The molecule has 0 spiro atoms. The Bertz CT molecular complexity index is 1040. The first kappa shape index (κ1) is 17.4. The van der Waals surface area contributed by atoms with Crippen LogP contribution >= 0.6 is 11.3 Å². The fraction of sp³-hybridized carbons (Fsp3) is 0.0500. The summed E-state index contributed by atoms with van der Waals surface area (Å²) in [7, 11) is 0. The fourth-order valence-electron chi connectivity index (χ4n) is 2.47. The van der Waals surface area contributed by atoms with Crippen molar-refractivity contribution in [3.8, 4) is 6.07 Å². The maximum atomic E-state index is 9.22. The van der Waals surface area contributed by atoms with E-state index in [9.17, 15) is 5.26 Å². The summed E-state index contributed by atoms with van der Waals surface area (Å²) >= 11 is 1.50. The standard InChI is InChI=1S/C20H16N4OS/c1-2-16(20(23)25-19(22)13-6-4-3-5-7-13)24-17-9-8-14(12-21)18-15(17)10-11-26-18/h2-11,22-24H,1H3/b16-2-,22-19?,23-20?. The molecule has 0 aliphatic rings. The number of allylic oxidation sites excluding steroid dienone is 1. The Hall–Kier alpha value is -3.43. The Morgan fingerprint density at radius 1 is 1.15 bits per heavy atom. The van der Waals surface area contributed by atoms with Crippen LogP contribution < -0.4 is 5.32 Å². The highest BCUT2D eigenvalue weighted by molar-refractivity contribution is 7.17. The zero-order valence-electron chi connectivity index (χ0n) is 14.0. The molecule has 0 saturated carbocycles. The molecule has 0 bridgehead atoms. The number of rotatable bonds is 4. The minimum Gasteiger partial charge on any atom is -0.419 e. The van der Waals surface area contributed by atoms with Gasteiger partial charge in [-0.2, -0.15) is 5.26 Å². The van der Waals surface area contributed by atoms with Gasteiger partial charge in [-0.1, -0.05) is 24.3 Å². The van der Waals surface area contributed by atoms with E-state index in [1.54, 1.807) is 31.2 Å². The molecule has 1 aromatic heterocycles. The second-order valence-electron chi connectivity index (χ2n) is 5.39. The van der Waals surface area contributed by atoms with Gasteiger partial charge in [0.15, 0.2) is 0 Å². The molecule has 3 rings (SSSR count). The zero-order valence-corrected chi connectivity index (χ0v) is 14.9. The second kappa shape index (κ2) is 7.64. The topological polar surface area (TPSA) is 92.8 Å². The third-order valence-electron chi connectivity index (χ3n) is 3.78. The second-order valence-corrected chi connectivity index (χ2v) is 6.31. The molecule has 0 fully saturated rings. The van der Waals surface area contributed by atoms with Crippen molar-refractivity contribution >= 4 is 38.9 Å². The Balaban J connectivity index is 1.80. The normalized spacial score (nSPS) is 11.0. The van der Waals surface area contributed by atoms with E-state index < -0.39 is 0 Å². The first-order valence-electron chi connectivity index (χ1n) is 7.88. The third kappa shape index (κ3) is 3.48. The first-order valence-corrected chi connectivity index (χ1v) is 8.76. The highest BCUT2D eigenvalue weighted by atomic mass is 32.1. The summed E-state index contributed by atoms with van der Waals surface area (Å²) in [6.45, 7) is 1.79. The van der Waals surface area contributed by atoms with Crippen LogP contribution in [-0.4, -0.2) is 11.8 Å². The van der Waals surface area contributed by atoms with Gasteiger partial charge in [-0.25, -0.2) is 0 Å². The molecular weight excluding hydrogens is 344 g/mol. The fourth-order valence-corrected chi connectivity index (χ4v) is 3.36. The van der Waals surface area contributed by atoms with E-state index in [4.69, 9.17) is 15.6 Å². The monoisotopic (exact) mass is 360 g/mol. The summed E-state index contributed by atoms with van der Waals surface area (Å²) in [5.74, 6) is -0.230. The van der Waals surface area contributed by atoms with Gasteiger partial charge < -0.3 is 10.1 Å². The average Bonchev–Trinajstić information content (AvgIpc) is 3.16. The van der Waals surface area contributed by atoms with Gasteiger partial charge >= 0.3 is 0 Å². The third-order valence-corrected chi connectivity index (χ3v) is 4.73. The summed E-state index contributed by atoms with van der Waals surface area (Å²) in [6.07, 6.45) is 1.72. The van der Waals surface area contributed by atoms with Crippen molar-refractivity contribution in [2.24, 2.45) is 0 Å². The van der Waals surface area contributed by atoms with Crippen LogP contribution in [0.4, 0.5) is 5.69 Å². The number of hydrogen-bond acceptors (Lipinski definition) is 6. The van der Waals surface area contributed by atoms with Gasteiger partial charge in [-0.15, -0.1) is 11.3 Å². The highest BCUT2D eigenvalue weighted by Crippen LogP contribution is 2.31. The molecule has 0 radical (unpaired) electrons.